The smallest absolute Gasteiger partial charge is 0.323 e. The van der Waals surface area contributed by atoms with Crippen LogP contribution in [0.2, 0.25) is 0 Å². The maximum Gasteiger partial charge on any atom is 0.323 e. The first kappa shape index (κ1) is 24.1. The first-order valence-corrected chi connectivity index (χ1v) is 10.3. The summed E-state index contributed by atoms with van der Waals surface area (Å²) in [4.78, 5) is 11.4. The Bertz CT molecular complexity index is 337. The van der Waals surface area contributed by atoms with Gasteiger partial charge in [-0.2, -0.15) is 0 Å². The molecule has 0 aromatic carbocycles. The third-order valence-electron chi connectivity index (χ3n) is 4.38. The number of ether oxygens (including phenoxy) is 1. The lowest BCUT2D eigenvalue weighted by Crippen LogP contribution is -2.33. The molecule has 0 heterocycles. The molecule has 2 N–H and O–H groups in total. The van der Waals surface area contributed by atoms with Gasteiger partial charge < -0.3 is 14.9 Å². The molecule has 0 unspecified atom stereocenters. The third-order valence-corrected chi connectivity index (χ3v) is 4.38. The second-order valence-electron chi connectivity index (χ2n) is 6.91. The molecule has 0 amide bonds. The van der Waals surface area contributed by atoms with Gasteiger partial charge in [-0.1, -0.05) is 77.4 Å². The van der Waals surface area contributed by atoms with Crippen LogP contribution in [0, 0.1) is 0 Å². The Hall–Kier alpha value is -0.870. The Kier molecular flexibility index (Phi) is 16.0. The maximum atomic E-state index is 11.4. The van der Waals surface area contributed by atoms with Crippen molar-refractivity contribution in [3.63, 3.8) is 0 Å². The van der Waals surface area contributed by atoms with Crippen LogP contribution in [0.4, 0.5) is 0 Å². The average Bonchev–Trinajstić information content (AvgIpc) is 2.58. The van der Waals surface area contributed by atoms with Crippen LogP contribution in [0.3, 0.4) is 0 Å². The minimum Gasteiger partial charge on any atom is -0.408 e. The van der Waals surface area contributed by atoms with Crippen molar-refractivity contribution in [2.45, 2.75) is 116 Å². The van der Waals surface area contributed by atoms with E-state index >= 15 is 0 Å². The summed E-state index contributed by atoms with van der Waals surface area (Å²) in [6.45, 7) is 3.80. The largest absolute Gasteiger partial charge is 0.408 e. The topological polar surface area (TPSA) is 66.8 Å². The zero-order valence-electron chi connectivity index (χ0n) is 16.5. The summed E-state index contributed by atoms with van der Waals surface area (Å²) in [6.07, 6.45) is 20.5. The summed E-state index contributed by atoms with van der Waals surface area (Å²) in [5.74, 6) is -2.84. The summed E-state index contributed by atoms with van der Waals surface area (Å²) < 4.78 is 4.57. The summed E-state index contributed by atoms with van der Waals surface area (Å²) >= 11 is 0. The van der Waals surface area contributed by atoms with Gasteiger partial charge in [0.05, 0.1) is 0 Å². The Morgan fingerprint density at radius 3 is 1.80 bits per heavy atom. The molecule has 4 nitrogen and oxygen atoms in total. The fraction of sp³-hybridized carbons (Fsp3) is 0.857. The summed E-state index contributed by atoms with van der Waals surface area (Å²) in [5.41, 5.74) is 0. The molecule has 0 saturated carbocycles. The van der Waals surface area contributed by atoms with Gasteiger partial charge in [-0.25, -0.2) is 0 Å². The molecule has 0 bridgehead atoms. The first-order chi connectivity index (χ1) is 12.0. The highest BCUT2D eigenvalue weighted by Gasteiger charge is 2.25. The van der Waals surface area contributed by atoms with Crippen molar-refractivity contribution < 1.29 is 19.7 Å². The number of allylic oxidation sites excluding steroid dienone is 2. The molecule has 0 saturated heterocycles. The number of hydrogen-bond donors (Lipinski definition) is 2. The van der Waals surface area contributed by atoms with Crippen molar-refractivity contribution in [2.24, 2.45) is 0 Å². The van der Waals surface area contributed by atoms with Crippen LogP contribution in [0.15, 0.2) is 12.2 Å². The monoisotopic (exact) mass is 356 g/mol. The lowest BCUT2D eigenvalue weighted by Gasteiger charge is -2.19. The molecule has 0 spiro atoms. The van der Waals surface area contributed by atoms with Crippen LogP contribution in [-0.4, -0.2) is 22.2 Å². The molecule has 0 rings (SSSR count). The highest BCUT2D eigenvalue weighted by atomic mass is 16.8. The standard InChI is InChI=1S/C21H40O4/c1-3-5-6-7-8-9-10-11-12-13-14-15-16-17-18-19-20(22)25-21(23,24)4-2/h11-12,23-24H,3-10,13-19H2,1-2H3. The van der Waals surface area contributed by atoms with Crippen molar-refractivity contribution in [2.75, 3.05) is 0 Å². The fourth-order valence-electron chi connectivity index (χ4n) is 2.65. The molecule has 4 heteroatoms. The molecule has 0 aromatic rings. The Morgan fingerprint density at radius 1 is 0.800 bits per heavy atom. The van der Waals surface area contributed by atoms with E-state index in [1.807, 2.05) is 0 Å². The number of rotatable bonds is 17. The van der Waals surface area contributed by atoms with E-state index in [1.54, 1.807) is 6.92 Å². The quantitative estimate of drug-likeness (QED) is 0.154. The van der Waals surface area contributed by atoms with Crippen molar-refractivity contribution in [3.8, 4) is 0 Å². The van der Waals surface area contributed by atoms with Crippen LogP contribution in [-0.2, 0) is 9.53 Å². The van der Waals surface area contributed by atoms with E-state index in [0.717, 1.165) is 25.7 Å². The molecule has 25 heavy (non-hydrogen) atoms. The Labute approximate surface area is 154 Å². The molecule has 0 radical (unpaired) electrons. The third kappa shape index (κ3) is 17.7. The Morgan fingerprint density at radius 2 is 1.28 bits per heavy atom. The molecule has 0 atom stereocenters. The highest BCUT2D eigenvalue weighted by molar-refractivity contribution is 5.69. The zero-order valence-corrected chi connectivity index (χ0v) is 16.5. The number of esters is 1. The number of aliphatic hydroxyl groups is 2. The zero-order chi connectivity index (χ0) is 18.8. The Balaban J connectivity index is 3.30. The number of hydrogen-bond acceptors (Lipinski definition) is 4. The van der Waals surface area contributed by atoms with Gasteiger partial charge in [-0.05, 0) is 32.1 Å². The molecular formula is C21H40O4. The summed E-state index contributed by atoms with van der Waals surface area (Å²) in [6, 6.07) is 0. The molecule has 0 aliphatic heterocycles. The fourth-order valence-corrected chi connectivity index (χ4v) is 2.65. The van der Waals surface area contributed by atoms with Crippen molar-refractivity contribution >= 4 is 5.97 Å². The van der Waals surface area contributed by atoms with Gasteiger partial charge in [-0.3, -0.25) is 4.79 Å². The van der Waals surface area contributed by atoms with Crippen molar-refractivity contribution in [1.29, 1.82) is 0 Å². The van der Waals surface area contributed by atoms with E-state index in [-0.39, 0.29) is 12.8 Å². The predicted molar refractivity (Wildman–Crippen MR) is 103 cm³/mol. The van der Waals surface area contributed by atoms with Crippen LogP contribution in [0.5, 0.6) is 0 Å². The molecule has 0 aromatic heterocycles. The van der Waals surface area contributed by atoms with Gasteiger partial charge in [0, 0.05) is 12.8 Å². The molecular weight excluding hydrogens is 316 g/mol. The van der Waals surface area contributed by atoms with Gasteiger partial charge in [0.25, 0.3) is 0 Å². The molecule has 0 aliphatic rings. The molecule has 0 aliphatic carbocycles. The minimum absolute atomic E-state index is 0.0227. The first-order valence-electron chi connectivity index (χ1n) is 10.3. The lowest BCUT2D eigenvalue weighted by molar-refractivity contribution is -0.319. The molecule has 148 valence electrons. The number of carbonyl (C=O) groups excluding carboxylic acids is 1. The van der Waals surface area contributed by atoms with Crippen molar-refractivity contribution in [1.82, 2.24) is 0 Å². The molecule has 0 fully saturated rings. The van der Waals surface area contributed by atoms with Crippen LogP contribution in [0.25, 0.3) is 0 Å². The van der Waals surface area contributed by atoms with Gasteiger partial charge >= 0.3 is 11.9 Å². The van der Waals surface area contributed by atoms with E-state index in [1.165, 1.54) is 57.8 Å². The number of carbonyl (C=O) groups is 1. The summed E-state index contributed by atoms with van der Waals surface area (Å²) in [5, 5.41) is 18.5. The number of unbranched alkanes of at least 4 members (excludes halogenated alkanes) is 11. The SMILES string of the molecule is CCCCCCCCC=CCCCCCCCC(=O)OC(O)(O)CC. The normalized spacial score (nSPS) is 12.0. The van der Waals surface area contributed by atoms with E-state index in [0.29, 0.717) is 0 Å². The minimum atomic E-state index is -2.31. The van der Waals surface area contributed by atoms with Gasteiger partial charge in [0.1, 0.15) is 0 Å². The second-order valence-corrected chi connectivity index (χ2v) is 6.91. The highest BCUT2D eigenvalue weighted by Crippen LogP contribution is 2.12. The van der Waals surface area contributed by atoms with E-state index in [2.05, 4.69) is 23.8 Å². The van der Waals surface area contributed by atoms with Gasteiger partial charge in [-0.15, -0.1) is 0 Å². The average molecular weight is 357 g/mol. The van der Waals surface area contributed by atoms with Crippen LogP contribution in [0.1, 0.15) is 110 Å². The van der Waals surface area contributed by atoms with E-state index in [4.69, 9.17) is 0 Å². The van der Waals surface area contributed by atoms with Gasteiger partial charge in [0.2, 0.25) is 0 Å². The predicted octanol–water partition coefficient (Wildman–Crippen LogP) is 5.62. The van der Waals surface area contributed by atoms with Crippen LogP contribution >= 0.6 is 0 Å². The van der Waals surface area contributed by atoms with Crippen LogP contribution < -0.4 is 0 Å². The van der Waals surface area contributed by atoms with Gasteiger partial charge in [0.15, 0.2) is 0 Å². The van der Waals surface area contributed by atoms with Crippen molar-refractivity contribution in [3.05, 3.63) is 12.2 Å². The maximum absolute atomic E-state index is 11.4. The van der Waals surface area contributed by atoms with E-state index in [9.17, 15) is 15.0 Å². The van der Waals surface area contributed by atoms with E-state index < -0.39 is 11.9 Å². The lowest BCUT2D eigenvalue weighted by atomic mass is 10.1. The second kappa shape index (κ2) is 16.6. The summed E-state index contributed by atoms with van der Waals surface area (Å²) in [7, 11) is 0.